The van der Waals surface area contributed by atoms with Gasteiger partial charge in [-0.1, -0.05) is 63.3 Å². The Morgan fingerprint density at radius 2 is 1.84 bits per heavy atom. The Bertz CT molecular complexity index is 502. The zero-order valence-electron chi connectivity index (χ0n) is 11.8. The van der Waals surface area contributed by atoms with Crippen molar-refractivity contribution in [2.24, 2.45) is 5.73 Å². The zero-order chi connectivity index (χ0) is 13.5. The van der Waals surface area contributed by atoms with E-state index in [9.17, 15) is 0 Å². The Labute approximate surface area is 116 Å². The minimum Gasteiger partial charge on any atom is -0.323 e. The maximum absolute atomic E-state index is 6.31. The molecular formula is C17H24N2. The van der Waals surface area contributed by atoms with Crippen LogP contribution >= 0.6 is 0 Å². The van der Waals surface area contributed by atoms with E-state index in [1.807, 2.05) is 12.3 Å². The summed E-state index contributed by atoms with van der Waals surface area (Å²) in [5, 5.41) is 2.43. The van der Waals surface area contributed by atoms with E-state index in [4.69, 9.17) is 5.73 Å². The van der Waals surface area contributed by atoms with Gasteiger partial charge in [0.25, 0.3) is 0 Å². The molecule has 0 fully saturated rings. The first-order valence-corrected chi connectivity index (χ1v) is 7.42. The number of pyridine rings is 1. The van der Waals surface area contributed by atoms with E-state index in [-0.39, 0.29) is 6.04 Å². The Hall–Kier alpha value is -1.41. The highest BCUT2D eigenvalue weighted by Crippen LogP contribution is 2.24. The molecule has 0 aliphatic carbocycles. The van der Waals surface area contributed by atoms with Crippen LogP contribution in [-0.2, 0) is 0 Å². The van der Waals surface area contributed by atoms with Gasteiger partial charge in [0.2, 0.25) is 0 Å². The predicted molar refractivity (Wildman–Crippen MR) is 82.0 cm³/mol. The van der Waals surface area contributed by atoms with E-state index in [1.165, 1.54) is 42.9 Å². The molecule has 1 aromatic carbocycles. The molecule has 0 aliphatic heterocycles. The third kappa shape index (κ3) is 3.77. The minimum absolute atomic E-state index is 0.0627. The zero-order valence-corrected chi connectivity index (χ0v) is 11.8. The monoisotopic (exact) mass is 256 g/mol. The standard InChI is InChI=1S/C17H24N2/c1-2-3-4-5-6-11-16(18)17-15-10-8-7-9-14(15)12-13-19-17/h7-10,12-13,16H,2-6,11,18H2,1H3. The molecule has 0 spiro atoms. The molecule has 0 amide bonds. The highest BCUT2D eigenvalue weighted by molar-refractivity contribution is 5.84. The first-order chi connectivity index (χ1) is 9.33. The fourth-order valence-electron chi connectivity index (χ4n) is 2.54. The molecule has 2 aromatic rings. The normalized spacial score (nSPS) is 12.7. The Kier molecular flexibility index (Phi) is 5.34. The maximum atomic E-state index is 6.31. The number of unbranched alkanes of at least 4 members (excludes halogenated alkanes) is 4. The smallest absolute Gasteiger partial charge is 0.0649 e. The molecule has 1 aromatic heterocycles. The van der Waals surface area contributed by atoms with Crippen LogP contribution in [0, 0.1) is 0 Å². The number of aromatic nitrogens is 1. The molecule has 1 heterocycles. The molecule has 0 saturated heterocycles. The number of nitrogens with zero attached hydrogens (tertiary/aromatic N) is 1. The SMILES string of the molecule is CCCCCCCC(N)c1nccc2ccccc12. The Morgan fingerprint density at radius 3 is 2.68 bits per heavy atom. The van der Waals surface area contributed by atoms with Crippen molar-refractivity contribution in [3.63, 3.8) is 0 Å². The summed E-state index contributed by atoms with van der Waals surface area (Å²) < 4.78 is 0. The van der Waals surface area contributed by atoms with Gasteiger partial charge in [-0.25, -0.2) is 0 Å². The van der Waals surface area contributed by atoms with Crippen molar-refractivity contribution < 1.29 is 0 Å². The third-order valence-electron chi connectivity index (χ3n) is 3.67. The van der Waals surface area contributed by atoms with Gasteiger partial charge in [0.15, 0.2) is 0 Å². The van der Waals surface area contributed by atoms with E-state index in [1.54, 1.807) is 0 Å². The van der Waals surface area contributed by atoms with Crippen molar-refractivity contribution in [1.82, 2.24) is 4.98 Å². The van der Waals surface area contributed by atoms with Crippen molar-refractivity contribution >= 4 is 10.8 Å². The second-order valence-electron chi connectivity index (χ2n) is 5.23. The second kappa shape index (κ2) is 7.25. The summed E-state index contributed by atoms with van der Waals surface area (Å²) in [6.45, 7) is 2.24. The molecule has 1 unspecified atom stereocenters. The summed E-state index contributed by atoms with van der Waals surface area (Å²) in [6, 6.07) is 10.5. The number of fused-ring (bicyclic) bond motifs is 1. The van der Waals surface area contributed by atoms with Crippen LogP contribution in [0.4, 0.5) is 0 Å². The Balaban J connectivity index is 1.99. The molecule has 1 atom stereocenters. The van der Waals surface area contributed by atoms with Gasteiger partial charge in [-0.2, -0.15) is 0 Å². The summed E-state index contributed by atoms with van der Waals surface area (Å²) in [7, 11) is 0. The molecule has 19 heavy (non-hydrogen) atoms. The number of rotatable bonds is 7. The number of benzene rings is 1. The van der Waals surface area contributed by atoms with Gasteiger partial charge in [-0.05, 0) is 17.9 Å². The first kappa shape index (κ1) is 14.0. The molecule has 2 N–H and O–H groups in total. The van der Waals surface area contributed by atoms with Gasteiger partial charge >= 0.3 is 0 Å². The maximum Gasteiger partial charge on any atom is 0.0649 e. The number of hydrogen-bond acceptors (Lipinski definition) is 2. The van der Waals surface area contributed by atoms with E-state index in [2.05, 4.69) is 36.2 Å². The molecule has 2 heteroatoms. The van der Waals surface area contributed by atoms with Crippen LogP contribution in [-0.4, -0.2) is 4.98 Å². The molecule has 2 nitrogen and oxygen atoms in total. The van der Waals surface area contributed by atoms with Crippen LogP contribution in [0.15, 0.2) is 36.5 Å². The van der Waals surface area contributed by atoms with Gasteiger partial charge < -0.3 is 5.73 Å². The van der Waals surface area contributed by atoms with Crippen molar-refractivity contribution in [2.45, 2.75) is 51.5 Å². The van der Waals surface area contributed by atoms with Crippen molar-refractivity contribution in [2.75, 3.05) is 0 Å². The number of nitrogens with two attached hydrogens (primary N) is 1. The van der Waals surface area contributed by atoms with Crippen LogP contribution in [0.25, 0.3) is 10.8 Å². The summed E-state index contributed by atoms with van der Waals surface area (Å²) in [6.07, 6.45) is 9.34. The lowest BCUT2D eigenvalue weighted by Crippen LogP contribution is -2.12. The first-order valence-electron chi connectivity index (χ1n) is 7.42. The second-order valence-corrected chi connectivity index (χ2v) is 5.23. The molecule has 102 valence electrons. The van der Waals surface area contributed by atoms with Gasteiger partial charge in [0.1, 0.15) is 0 Å². The lowest BCUT2D eigenvalue weighted by atomic mass is 10.0. The molecule has 2 rings (SSSR count). The third-order valence-corrected chi connectivity index (χ3v) is 3.67. The highest BCUT2D eigenvalue weighted by Gasteiger charge is 2.10. The average Bonchev–Trinajstić information content (AvgIpc) is 2.46. The summed E-state index contributed by atoms with van der Waals surface area (Å²) in [4.78, 5) is 4.50. The summed E-state index contributed by atoms with van der Waals surface area (Å²) in [5.74, 6) is 0. The lowest BCUT2D eigenvalue weighted by Gasteiger charge is -2.13. The van der Waals surface area contributed by atoms with Gasteiger partial charge in [-0.15, -0.1) is 0 Å². The molecule has 0 saturated carbocycles. The van der Waals surface area contributed by atoms with Crippen molar-refractivity contribution in [3.8, 4) is 0 Å². The van der Waals surface area contributed by atoms with E-state index < -0.39 is 0 Å². The van der Waals surface area contributed by atoms with E-state index in [0.29, 0.717) is 0 Å². The van der Waals surface area contributed by atoms with Crippen LogP contribution in [0.2, 0.25) is 0 Å². The Morgan fingerprint density at radius 1 is 1.05 bits per heavy atom. The van der Waals surface area contributed by atoms with E-state index >= 15 is 0 Å². The fraction of sp³-hybridized carbons (Fsp3) is 0.471. The highest BCUT2D eigenvalue weighted by atomic mass is 14.8. The largest absolute Gasteiger partial charge is 0.323 e. The quantitative estimate of drug-likeness (QED) is 0.735. The number of hydrogen-bond donors (Lipinski definition) is 1. The van der Waals surface area contributed by atoms with Gasteiger partial charge in [0, 0.05) is 17.6 Å². The average molecular weight is 256 g/mol. The summed E-state index contributed by atoms with van der Waals surface area (Å²) >= 11 is 0. The van der Waals surface area contributed by atoms with E-state index in [0.717, 1.165) is 12.1 Å². The van der Waals surface area contributed by atoms with Crippen LogP contribution in [0.1, 0.15) is 57.2 Å². The molecule has 0 bridgehead atoms. The topological polar surface area (TPSA) is 38.9 Å². The van der Waals surface area contributed by atoms with Crippen molar-refractivity contribution in [1.29, 1.82) is 0 Å². The molecule has 0 aliphatic rings. The van der Waals surface area contributed by atoms with Crippen LogP contribution < -0.4 is 5.73 Å². The fourth-order valence-corrected chi connectivity index (χ4v) is 2.54. The van der Waals surface area contributed by atoms with Gasteiger partial charge in [0.05, 0.1) is 5.69 Å². The lowest BCUT2D eigenvalue weighted by molar-refractivity contribution is 0.550. The van der Waals surface area contributed by atoms with Crippen LogP contribution in [0.5, 0.6) is 0 Å². The predicted octanol–water partition coefficient (Wildman–Crippen LogP) is 4.60. The minimum atomic E-state index is 0.0627. The van der Waals surface area contributed by atoms with Crippen LogP contribution in [0.3, 0.4) is 0 Å². The summed E-state index contributed by atoms with van der Waals surface area (Å²) in [5.41, 5.74) is 7.36. The molecular weight excluding hydrogens is 232 g/mol. The van der Waals surface area contributed by atoms with Crippen molar-refractivity contribution in [3.05, 3.63) is 42.2 Å². The molecule has 0 radical (unpaired) electrons. The van der Waals surface area contributed by atoms with Gasteiger partial charge in [-0.3, -0.25) is 4.98 Å².